The number of ether oxygens (including phenoxy) is 1. The number of benzene rings is 2. The Morgan fingerprint density at radius 1 is 0.950 bits per heavy atom. The molecule has 104 valence electrons. The van der Waals surface area contributed by atoms with Gasteiger partial charge in [-0.05, 0) is 23.1 Å². The molecule has 0 bridgehead atoms. The van der Waals surface area contributed by atoms with Gasteiger partial charge in [0, 0.05) is 6.61 Å². The van der Waals surface area contributed by atoms with Gasteiger partial charge in [-0.2, -0.15) is 0 Å². The summed E-state index contributed by atoms with van der Waals surface area (Å²) in [6.45, 7) is 0.373. The van der Waals surface area contributed by atoms with Crippen LogP contribution in [0.1, 0.15) is 16.7 Å². The highest BCUT2D eigenvalue weighted by atomic mass is 16.5. The zero-order chi connectivity index (χ0) is 14.2. The number of aliphatic hydroxyl groups is 1. The van der Waals surface area contributed by atoms with Gasteiger partial charge in [-0.1, -0.05) is 54.6 Å². The topological polar surface area (TPSA) is 46.5 Å². The lowest BCUT2D eigenvalue weighted by atomic mass is 10.0. The van der Waals surface area contributed by atoms with Crippen LogP contribution < -0.4 is 0 Å². The molecule has 0 aliphatic carbocycles. The summed E-state index contributed by atoms with van der Waals surface area (Å²) in [6, 6.07) is 17.2. The van der Waals surface area contributed by atoms with E-state index < -0.39 is 0 Å². The molecule has 2 aromatic rings. The van der Waals surface area contributed by atoms with Gasteiger partial charge in [-0.25, -0.2) is 0 Å². The van der Waals surface area contributed by atoms with E-state index in [1.807, 2.05) is 54.6 Å². The molecule has 0 aromatic heterocycles. The Hall–Kier alpha value is -2.13. The Bertz CT molecular complexity index is 549. The van der Waals surface area contributed by atoms with Gasteiger partial charge < -0.3 is 9.84 Å². The van der Waals surface area contributed by atoms with Crippen LogP contribution in [0.3, 0.4) is 0 Å². The summed E-state index contributed by atoms with van der Waals surface area (Å²) >= 11 is 0. The lowest BCUT2D eigenvalue weighted by Gasteiger charge is -2.08. The van der Waals surface area contributed by atoms with E-state index in [4.69, 9.17) is 9.84 Å². The third kappa shape index (κ3) is 4.21. The Kier molecular flexibility index (Phi) is 5.33. The summed E-state index contributed by atoms with van der Waals surface area (Å²) in [7, 11) is 0. The summed E-state index contributed by atoms with van der Waals surface area (Å²) in [5.41, 5.74) is 2.88. The normalized spacial score (nSPS) is 10.2. The van der Waals surface area contributed by atoms with Gasteiger partial charge in [0.25, 0.3) is 0 Å². The van der Waals surface area contributed by atoms with E-state index in [0.29, 0.717) is 13.0 Å². The Morgan fingerprint density at radius 3 is 2.30 bits per heavy atom. The van der Waals surface area contributed by atoms with Crippen LogP contribution in [-0.4, -0.2) is 17.7 Å². The molecule has 0 amide bonds. The fraction of sp³-hybridized carbons (Fsp3) is 0.235. The highest BCUT2D eigenvalue weighted by molar-refractivity contribution is 5.73. The van der Waals surface area contributed by atoms with Crippen LogP contribution in [0.5, 0.6) is 0 Å². The number of carbonyl (C=O) groups is 1. The van der Waals surface area contributed by atoms with Crippen molar-refractivity contribution in [2.75, 3.05) is 6.61 Å². The van der Waals surface area contributed by atoms with Crippen molar-refractivity contribution in [3.8, 4) is 0 Å². The van der Waals surface area contributed by atoms with Crippen LogP contribution in [0.4, 0.5) is 0 Å². The fourth-order valence-electron chi connectivity index (χ4n) is 2.04. The quantitative estimate of drug-likeness (QED) is 0.820. The molecule has 1 N–H and O–H groups in total. The molecule has 0 saturated heterocycles. The second-order valence-corrected chi connectivity index (χ2v) is 4.57. The summed E-state index contributed by atoms with van der Waals surface area (Å²) in [5.74, 6) is -0.251. The first-order valence-electron chi connectivity index (χ1n) is 6.67. The molecule has 0 heterocycles. The first-order valence-corrected chi connectivity index (χ1v) is 6.67. The standard InChI is InChI=1S/C17H18O3/c18-11-10-15-8-4-5-9-16(15)12-17(19)20-13-14-6-2-1-3-7-14/h1-9,18H,10-13H2. The van der Waals surface area contributed by atoms with E-state index in [2.05, 4.69) is 0 Å². The fourth-order valence-corrected chi connectivity index (χ4v) is 2.04. The molecule has 2 aromatic carbocycles. The van der Waals surface area contributed by atoms with Crippen molar-refractivity contribution >= 4 is 5.97 Å². The second-order valence-electron chi connectivity index (χ2n) is 4.57. The number of rotatable bonds is 6. The number of hydrogen-bond donors (Lipinski definition) is 1. The lowest BCUT2D eigenvalue weighted by molar-refractivity contribution is -0.144. The summed E-state index contributed by atoms with van der Waals surface area (Å²) in [6.07, 6.45) is 0.797. The van der Waals surface area contributed by atoms with E-state index in [1.54, 1.807) is 0 Å². The second kappa shape index (κ2) is 7.46. The maximum atomic E-state index is 11.9. The number of esters is 1. The minimum atomic E-state index is -0.251. The van der Waals surface area contributed by atoms with Crippen molar-refractivity contribution in [3.05, 3.63) is 71.3 Å². The smallest absolute Gasteiger partial charge is 0.310 e. The molecule has 0 atom stereocenters. The molecule has 0 aliphatic heterocycles. The summed E-state index contributed by atoms with van der Waals surface area (Å²) in [4.78, 5) is 11.9. The summed E-state index contributed by atoms with van der Waals surface area (Å²) < 4.78 is 5.26. The van der Waals surface area contributed by atoms with Gasteiger partial charge in [0.15, 0.2) is 0 Å². The van der Waals surface area contributed by atoms with Crippen LogP contribution in [-0.2, 0) is 29.0 Å². The monoisotopic (exact) mass is 270 g/mol. The molecule has 0 unspecified atom stereocenters. The predicted molar refractivity (Wildman–Crippen MR) is 77.2 cm³/mol. The average Bonchev–Trinajstić information content (AvgIpc) is 2.49. The van der Waals surface area contributed by atoms with Crippen LogP contribution in [0, 0.1) is 0 Å². The number of hydrogen-bond acceptors (Lipinski definition) is 3. The van der Waals surface area contributed by atoms with Crippen molar-refractivity contribution in [1.82, 2.24) is 0 Å². The van der Waals surface area contributed by atoms with Crippen molar-refractivity contribution in [3.63, 3.8) is 0 Å². The third-order valence-electron chi connectivity index (χ3n) is 3.08. The van der Waals surface area contributed by atoms with Crippen molar-refractivity contribution in [2.24, 2.45) is 0 Å². The van der Waals surface area contributed by atoms with Crippen molar-refractivity contribution in [1.29, 1.82) is 0 Å². The lowest BCUT2D eigenvalue weighted by Crippen LogP contribution is -2.10. The zero-order valence-electron chi connectivity index (χ0n) is 11.3. The maximum absolute atomic E-state index is 11.9. The molecule has 0 radical (unpaired) electrons. The van der Waals surface area contributed by atoms with Gasteiger partial charge in [0.1, 0.15) is 6.61 Å². The van der Waals surface area contributed by atoms with E-state index in [0.717, 1.165) is 16.7 Å². The van der Waals surface area contributed by atoms with Crippen LogP contribution in [0.15, 0.2) is 54.6 Å². The molecule has 0 saturated carbocycles. The molecule has 0 aliphatic rings. The molecule has 0 spiro atoms. The summed E-state index contributed by atoms with van der Waals surface area (Å²) in [5, 5.41) is 9.01. The first-order chi connectivity index (χ1) is 9.79. The maximum Gasteiger partial charge on any atom is 0.310 e. The molecular weight excluding hydrogens is 252 g/mol. The largest absolute Gasteiger partial charge is 0.461 e. The molecular formula is C17H18O3. The van der Waals surface area contributed by atoms with Crippen molar-refractivity contribution in [2.45, 2.75) is 19.4 Å². The van der Waals surface area contributed by atoms with Crippen molar-refractivity contribution < 1.29 is 14.6 Å². The zero-order valence-corrected chi connectivity index (χ0v) is 11.3. The number of carbonyl (C=O) groups excluding carboxylic acids is 1. The molecule has 3 nitrogen and oxygen atoms in total. The van der Waals surface area contributed by atoms with Gasteiger partial charge in [-0.15, -0.1) is 0 Å². The Morgan fingerprint density at radius 2 is 1.60 bits per heavy atom. The van der Waals surface area contributed by atoms with E-state index in [1.165, 1.54) is 0 Å². The van der Waals surface area contributed by atoms with Crippen LogP contribution >= 0.6 is 0 Å². The number of aliphatic hydroxyl groups excluding tert-OH is 1. The van der Waals surface area contributed by atoms with Crippen LogP contribution in [0.2, 0.25) is 0 Å². The minimum absolute atomic E-state index is 0.0794. The van der Waals surface area contributed by atoms with Gasteiger partial charge in [0.05, 0.1) is 6.42 Å². The van der Waals surface area contributed by atoms with Gasteiger partial charge >= 0.3 is 5.97 Å². The predicted octanol–water partition coefficient (Wildman–Crippen LogP) is 2.51. The highest BCUT2D eigenvalue weighted by Gasteiger charge is 2.08. The van der Waals surface area contributed by atoms with E-state index in [9.17, 15) is 4.79 Å². The Labute approximate surface area is 118 Å². The molecule has 20 heavy (non-hydrogen) atoms. The molecule has 2 rings (SSSR count). The third-order valence-corrected chi connectivity index (χ3v) is 3.08. The first kappa shape index (κ1) is 14.3. The Balaban J connectivity index is 1.91. The highest BCUT2D eigenvalue weighted by Crippen LogP contribution is 2.11. The van der Waals surface area contributed by atoms with E-state index in [-0.39, 0.29) is 19.0 Å². The average molecular weight is 270 g/mol. The SMILES string of the molecule is O=C(Cc1ccccc1CCO)OCc1ccccc1. The van der Waals surface area contributed by atoms with Gasteiger partial charge in [0.2, 0.25) is 0 Å². The molecule has 0 fully saturated rings. The van der Waals surface area contributed by atoms with Gasteiger partial charge in [-0.3, -0.25) is 4.79 Å². The minimum Gasteiger partial charge on any atom is -0.461 e. The van der Waals surface area contributed by atoms with Crippen LogP contribution in [0.25, 0.3) is 0 Å². The molecule has 3 heteroatoms. The van der Waals surface area contributed by atoms with E-state index >= 15 is 0 Å².